The minimum Gasteiger partial charge on any atom is -0.343 e. The van der Waals surface area contributed by atoms with Crippen molar-refractivity contribution >= 4 is 28.7 Å². The van der Waals surface area contributed by atoms with Gasteiger partial charge in [0.15, 0.2) is 10.8 Å². The quantitative estimate of drug-likeness (QED) is 0.547. The van der Waals surface area contributed by atoms with E-state index >= 15 is 0 Å². The van der Waals surface area contributed by atoms with E-state index in [4.69, 9.17) is 4.98 Å². The first-order chi connectivity index (χ1) is 15.8. The molecule has 0 N–H and O–H groups in total. The second-order valence-corrected chi connectivity index (χ2v) is 11.2. The molecule has 0 spiro atoms. The zero-order valence-electron chi connectivity index (χ0n) is 19.5. The molecule has 4 heterocycles. The molecule has 1 fully saturated rings. The molecule has 33 heavy (non-hydrogen) atoms. The van der Waals surface area contributed by atoms with Crippen LogP contribution < -0.4 is 5.56 Å². The SMILES string of the molecule is CC(C)(C)n1ncc2c(=O)n3c(nc21)SCC3CC(=O)N1CCC(Cc2ccccc2)CC1. The molecular formula is C25H31N5O2S. The second kappa shape index (κ2) is 8.63. The molecule has 174 valence electrons. The van der Waals surface area contributed by atoms with Crippen molar-refractivity contribution in [1.82, 2.24) is 24.2 Å². The van der Waals surface area contributed by atoms with Crippen LogP contribution in [-0.4, -0.2) is 49.0 Å². The Hall–Kier alpha value is -2.61. The van der Waals surface area contributed by atoms with Gasteiger partial charge in [-0.1, -0.05) is 42.1 Å². The van der Waals surface area contributed by atoms with Gasteiger partial charge in [0.1, 0.15) is 5.39 Å². The van der Waals surface area contributed by atoms with Gasteiger partial charge in [-0.25, -0.2) is 9.67 Å². The average Bonchev–Trinajstić information content (AvgIpc) is 3.40. The van der Waals surface area contributed by atoms with Crippen molar-refractivity contribution in [2.24, 2.45) is 5.92 Å². The summed E-state index contributed by atoms with van der Waals surface area (Å²) in [7, 11) is 0. The Kier molecular flexibility index (Phi) is 5.80. The van der Waals surface area contributed by atoms with Crippen LogP contribution in [0.15, 0.2) is 46.5 Å². The van der Waals surface area contributed by atoms with Gasteiger partial charge in [0.05, 0.1) is 17.8 Å². The third-order valence-corrected chi connectivity index (χ3v) is 7.85. The number of rotatable bonds is 4. The van der Waals surface area contributed by atoms with Crippen LogP contribution >= 0.6 is 11.8 Å². The van der Waals surface area contributed by atoms with E-state index in [0.717, 1.165) is 32.4 Å². The topological polar surface area (TPSA) is 73.0 Å². The maximum Gasteiger partial charge on any atom is 0.265 e. The highest BCUT2D eigenvalue weighted by Crippen LogP contribution is 2.34. The molecule has 7 nitrogen and oxygen atoms in total. The second-order valence-electron chi connectivity index (χ2n) is 10.2. The van der Waals surface area contributed by atoms with Crippen LogP contribution in [0.1, 0.15) is 51.6 Å². The summed E-state index contributed by atoms with van der Waals surface area (Å²) in [6, 6.07) is 10.4. The van der Waals surface area contributed by atoms with Gasteiger partial charge in [-0.15, -0.1) is 0 Å². The van der Waals surface area contributed by atoms with Crippen LogP contribution in [0.5, 0.6) is 0 Å². The number of nitrogens with zero attached hydrogens (tertiary/aromatic N) is 5. The van der Waals surface area contributed by atoms with Crippen molar-refractivity contribution in [2.75, 3.05) is 18.8 Å². The van der Waals surface area contributed by atoms with Gasteiger partial charge in [0.2, 0.25) is 5.91 Å². The summed E-state index contributed by atoms with van der Waals surface area (Å²) in [5, 5.41) is 5.64. The number of likely N-dealkylation sites (tertiary alicyclic amines) is 1. The number of fused-ring (bicyclic) bond motifs is 2. The fraction of sp³-hybridized carbons (Fsp3) is 0.520. The van der Waals surface area contributed by atoms with E-state index in [0.29, 0.717) is 34.3 Å². The van der Waals surface area contributed by atoms with E-state index in [1.807, 2.05) is 36.4 Å². The van der Waals surface area contributed by atoms with Crippen LogP contribution in [0, 0.1) is 5.92 Å². The third kappa shape index (κ3) is 4.33. The van der Waals surface area contributed by atoms with E-state index in [1.54, 1.807) is 22.5 Å². The lowest BCUT2D eigenvalue weighted by atomic mass is 9.90. The molecule has 5 rings (SSSR count). The van der Waals surface area contributed by atoms with Crippen molar-refractivity contribution in [3.63, 3.8) is 0 Å². The molecule has 0 bridgehead atoms. The smallest absolute Gasteiger partial charge is 0.265 e. The predicted octanol–water partition coefficient (Wildman–Crippen LogP) is 3.87. The number of aromatic nitrogens is 4. The normalized spacial score (nSPS) is 19.2. The Morgan fingerprint density at radius 2 is 1.88 bits per heavy atom. The van der Waals surface area contributed by atoms with E-state index in [-0.39, 0.29) is 23.0 Å². The fourth-order valence-corrected chi connectivity index (χ4v) is 6.07. The summed E-state index contributed by atoms with van der Waals surface area (Å²) in [5.74, 6) is 1.47. The molecule has 8 heteroatoms. The van der Waals surface area contributed by atoms with Gasteiger partial charge < -0.3 is 4.90 Å². The first-order valence-electron chi connectivity index (χ1n) is 11.8. The molecule has 1 atom stereocenters. The molecule has 1 saturated heterocycles. The first kappa shape index (κ1) is 22.2. The Labute approximate surface area is 198 Å². The van der Waals surface area contributed by atoms with Gasteiger partial charge in [0.25, 0.3) is 5.56 Å². The van der Waals surface area contributed by atoms with Crippen LogP contribution in [-0.2, 0) is 16.8 Å². The summed E-state index contributed by atoms with van der Waals surface area (Å²) < 4.78 is 3.53. The lowest BCUT2D eigenvalue weighted by Gasteiger charge is -2.33. The summed E-state index contributed by atoms with van der Waals surface area (Å²) in [4.78, 5) is 33.1. The maximum absolute atomic E-state index is 13.3. The van der Waals surface area contributed by atoms with Crippen molar-refractivity contribution < 1.29 is 4.79 Å². The zero-order valence-corrected chi connectivity index (χ0v) is 20.3. The highest BCUT2D eigenvalue weighted by molar-refractivity contribution is 7.99. The number of thioether (sulfide) groups is 1. The molecule has 2 aliphatic heterocycles. The van der Waals surface area contributed by atoms with Crippen molar-refractivity contribution in [3.8, 4) is 0 Å². The molecule has 3 aromatic rings. The highest BCUT2D eigenvalue weighted by atomic mass is 32.2. The summed E-state index contributed by atoms with van der Waals surface area (Å²) in [5.41, 5.74) is 1.65. The molecule has 1 aromatic carbocycles. The minimum absolute atomic E-state index is 0.0881. The van der Waals surface area contributed by atoms with E-state index < -0.39 is 0 Å². The molecule has 1 amide bonds. The summed E-state index contributed by atoms with van der Waals surface area (Å²) in [6.07, 6.45) is 5.11. The number of amides is 1. The largest absolute Gasteiger partial charge is 0.343 e. The molecule has 0 saturated carbocycles. The van der Waals surface area contributed by atoms with Gasteiger partial charge >= 0.3 is 0 Å². The number of hydrogen-bond acceptors (Lipinski definition) is 5. The van der Waals surface area contributed by atoms with Gasteiger partial charge in [-0.3, -0.25) is 14.2 Å². The average molecular weight is 466 g/mol. The fourth-order valence-electron chi connectivity index (χ4n) is 4.94. The van der Waals surface area contributed by atoms with E-state index in [9.17, 15) is 9.59 Å². The van der Waals surface area contributed by atoms with Crippen LogP contribution in [0.25, 0.3) is 11.0 Å². The molecule has 0 aliphatic carbocycles. The number of hydrogen-bond donors (Lipinski definition) is 0. The maximum atomic E-state index is 13.3. The van der Waals surface area contributed by atoms with Gasteiger partial charge in [-0.05, 0) is 51.5 Å². The lowest BCUT2D eigenvalue weighted by Crippen LogP contribution is -2.40. The Morgan fingerprint density at radius 3 is 2.58 bits per heavy atom. The van der Waals surface area contributed by atoms with Gasteiger partial charge in [0, 0.05) is 25.3 Å². The van der Waals surface area contributed by atoms with Crippen LogP contribution in [0.2, 0.25) is 0 Å². The number of carbonyl (C=O) groups is 1. The van der Waals surface area contributed by atoms with Crippen LogP contribution in [0.4, 0.5) is 0 Å². The molecule has 2 aromatic heterocycles. The highest BCUT2D eigenvalue weighted by Gasteiger charge is 2.32. The number of benzene rings is 1. The van der Waals surface area contributed by atoms with Crippen molar-refractivity contribution in [3.05, 3.63) is 52.4 Å². The Bertz CT molecular complexity index is 1220. The number of carbonyl (C=O) groups excluding carboxylic acids is 1. The Morgan fingerprint density at radius 1 is 1.15 bits per heavy atom. The standard InChI is InChI=1S/C25H31N5O2S/c1-25(2,3)30-22-20(15-26-30)23(32)29-19(16-33-24(29)27-22)14-21(31)28-11-9-18(10-12-28)13-17-7-5-4-6-8-17/h4-8,15,18-19H,9-14,16H2,1-3H3. The van der Waals surface area contributed by atoms with Crippen molar-refractivity contribution in [1.29, 1.82) is 0 Å². The molecule has 2 aliphatic rings. The lowest BCUT2D eigenvalue weighted by molar-refractivity contribution is -0.133. The first-order valence-corrected chi connectivity index (χ1v) is 12.7. The zero-order chi connectivity index (χ0) is 23.2. The number of piperidine rings is 1. The predicted molar refractivity (Wildman–Crippen MR) is 131 cm³/mol. The van der Waals surface area contributed by atoms with E-state index in [2.05, 4.69) is 29.4 Å². The molecule has 1 unspecified atom stereocenters. The van der Waals surface area contributed by atoms with Crippen molar-refractivity contribution in [2.45, 2.75) is 63.2 Å². The monoisotopic (exact) mass is 465 g/mol. The minimum atomic E-state index is -0.259. The molecule has 0 radical (unpaired) electrons. The summed E-state index contributed by atoms with van der Waals surface area (Å²) >= 11 is 1.56. The van der Waals surface area contributed by atoms with E-state index in [1.165, 1.54) is 5.56 Å². The molecular weight excluding hydrogens is 434 g/mol. The third-order valence-electron chi connectivity index (χ3n) is 6.75. The summed E-state index contributed by atoms with van der Waals surface area (Å²) in [6.45, 7) is 7.73. The van der Waals surface area contributed by atoms with Crippen LogP contribution in [0.3, 0.4) is 0 Å². The Balaban J connectivity index is 1.26. The van der Waals surface area contributed by atoms with Gasteiger partial charge in [-0.2, -0.15) is 5.10 Å².